The van der Waals surface area contributed by atoms with E-state index in [4.69, 9.17) is 42.9 Å². The first-order valence-electron chi connectivity index (χ1n) is 12.3. The van der Waals surface area contributed by atoms with Gasteiger partial charge in [0.05, 0.1) is 0 Å². The van der Waals surface area contributed by atoms with Crippen LogP contribution in [0.4, 0.5) is 0 Å². The minimum atomic E-state index is -1.36. The number of carbonyl (C=O) groups is 4. The predicted octanol–water partition coefficient (Wildman–Crippen LogP) is -2.08. The molecule has 1 aliphatic rings. The maximum atomic E-state index is 12.3. The minimum Gasteiger partial charge on any atom is -0.459 e. The van der Waals surface area contributed by atoms with Gasteiger partial charge in [0.15, 0.2) is 5.96 Å². The second-order valence-corrected chi connectivity index (χ2v) is 8.99. The molecule has 5 atom stereocenters. The van der Waals surface area contributed by atoms with Gasteiger partial charge in [-0.15, -0.1) is 0 Å². The highest BCUT2D eigenvalue weighted by Crippen LogP contribution is 2.15. The lowest BCUT2D eigenvalue weighted by molar-refractivity contribution is -0.165. The van der Waals surface area contributed by atoms with Crippen LogP contribution in [0.2, 0.25) is 0 Å². The van der Waals surface area contributed by atoms with Crippen molar-refractivity contribution in [1.29, 1.82) is 0 Å². The lowest BCUT2D eigenvalue weighted by atomic mass is 10.1. The number of aliphatic imine (C=N–C) groups is 1. The molecule has 210 valence electrons. The third-order valence-electron chi connectivity index (χ3n) is 5.80. The van der Waals surface area contributed by atoms with E-state index in [1.807, 2.05) is 0 Å². The second-order valence-electron chi connectivity index (χ2n) is 8.99. The van der Waals surface area contributed by atoms with Crippen molar-refractivity contribution in [2.45, 2.75) is 69.3 Å². The highest BCUT2D eigenvalue weighted by atomic mass is 16.6. The molecule has 0 amide bonds. The molecule has 1 heterocycles. The summed E-state index contributed by atoms with van der Waals surface area (Å²) in [5.74, 6) is -2.94. The van der Waals surface area contributed by atoms with E-state index in [-0.39, 0.29) is 18.1 Å². The zero-order valence-electron chi connectivity index (χ0n) is 21.3. The first kappa shape index (κ1) is 30.6. The molecular weight excluding hydrogens is 498 g/mol. The Balaban J connectivity index is 1.78. The number of nitrogens with two attached hydrogens (primary N) is 5. The Bertz CT molecular complexity index is 992. The van der Waals surface area contributed by atoms with Gasteiger partial charge in [-0.3, -0.25) is 9.79 Å². The van der Waals surface area contributed by atoms with Crippen molar-refractivity contribution in [3.63, 3.8) is 0 Å². The minimum absolute atomic E-state index is 0.0333. The van der Waals surface area contributed by atoms with E-state index < -0.39 is 54.1 Å². The molecule has 14 heteroatoms. The summed E-state index contributed by atoms with van der Waals surface area (Å²) in [6.07, 6.45) is 1.37. The molecule has 0 unspecified atom stereocenters. The Morgan fingerprint density at radius 2 is 1.71 bits per heavy atom. The average molecular weight is 536 g/mol. The molecule has 2 rings (SSSR count). The summed E-state index contributed by atoms with van der Waals surface area (Å²) in [6, 6.07) is 2.44. The number of nitrogens with one attached hydrogen (secondary N) is 1. The topological polar surface area (TPSA) is 250 Å². The molecule has 0 saturated carbocycles. The van der Waals surface area contributed by atoms with E-state index in [0.717, 1.165) is 6.42 Å². The summed E-state index contributed by atoms with van der Waals surface area (Å²) >= 11 is 0. The van der Waals surface area contributed by atoms with Gasteiger partial charge in [0.1, 0.15) is 36.0 Å². The molecular formula is C24H37N7O7. The third-order valence-corrected chi connectivity index (χ3v) is 5.80. The molecule has 1 fully saturated rings. The fourth-order valence-electron chi connectivity index (χ4n) is 3.52. The molecule has 1 saturated heterocycles. The Kier molecular flexibility index (Phi) is 12.1. The van der Waals surface area contributed by atoms with Gasteiger partial charge in [0.25, 0.3) is 0 Å². The van der Waals surface area contributed by atoms with E-state index in [9.17, 15) is 19.2 Å². The molecule has 0 aromatic heterocycles. The van der Waals surface area contributed by atoms with Crippen LogP contribution in [0.15, 0.2) is 29.3 Å². The van der Waals surface area contributed by atoms with Gasteiger partial charge in [-0.05, 0) is 63.3 Å². The maximum absolute atomic E-state index is 12.3. The van der Waals surface area contributed by atoms with Crippen LogP contribution in [0.1, 0.15) is 38.2 Å². The van der Waals surface area contributed by atoms with Crippen molar-refractivity contribution in [3.8, 4) is 5.75 Å². The smallest absolute Gasteiger partial charge is 0.334 e. The number of benzene rings is 1. The Morgan fingerprint density at radius 1 is 1.03 bits per heavy atom. The van der Waals surface area contributed by atoms with Crippen molar-refractivity contribution < 1.29 is 33.4 Å². The van der Waals surface area contributed by atoms with Crippen LogP contribution in [0, 0.1) is 0 Å². The molecule has 0 spiro atoms. The van der Waals surface area contributed by atoms with Crippen LogP contribution in [0.25, 0.3) is 0 Å². The normalized spacial score (nSPS) is 17.9. The molecule has 1 aromatic carbocycles. The van der Waals surface area contributed by atoms with Gasteiger partial charge in [0, 0.05) is 6.54 Å². The zero-order chi connectivity index (χ0) is 28.2. The van der Waals surface area contributed by atoms with Gasteiger partial charge in [-0.1, -0.05) is 12.1 Å². The molecule has 38 heavy (non-hydrogen) atoms. The fourth-order valence-corrected chi connectivity index (χ4v) is 3.52. The lowest BCUT2D eigenvalue weighted by Crippen LogP contribution is -2.48. The predicted molar refractivity (Wildman–Crippen MR) is 137 cm³/mol. The van der Waals surface area contributed by atoms with Crippen LogP contribution in [0.5, 0.6) is 5.75 Å². The molecule has 0 radical (unpaired) electrons. The average Bonchev–Trinajstić information content (AvgIpc) is 3.42. The molecule has 14 nitrogen and oxygen atoms in total. The van der Waals surface area contributed by atoms with Crippen LogP contribution < -0.4 is 38.7 Å². The van der Waals surface area contributed by atoms with Gasteiger partial charge in [0.2, 0.25) is 0 Å². The number of hydrogen-bond acceptors (Lipinski definition) is 12. The van der Waals surface area contributed by atoms with Gasteiger partial charge < -0.3 is 48.2 Å². The number of rotatable bonds is 13. The van der Waals surface area contributed by atoms with E-state index in [2.05, 4.69) is 10.3 Å². The molecule has 1 aromatic rings. The van der Waals surface area contributed by atoms with Crippen molar-refractivity contribution in [2.75, 3.05) is 13.1 Å². The van der Waals surface area contributed by atoms with E-state index >= 15 is 0 Å². The summed E-state index contributed by atoms with van der Waals surface area (Å²) in [7, 11) is 0. The van der Waals surface area contributed by atoms with Gasteiger partial charge >= 0.3 is 23.9 Å². The first-order valence-corrected chi connectivity index (χ1v) is 12.3. The zero-order valence-corrected chi connectivity index (χ0v) is 21.3. The summed E-state index contributed by atoms with van der Waals surface area (Å²) in [5.41, 5.74) is 28.6. The standard InChI is InChI=1S/C24H37N7O7/c1-13(36-22(34)18-5-3-10-30-18)19(27)23(35)38-21(33)17(26)12-14-6-8-15(9-7-14)37-20(32)16(25)4-2-11-31-24(28)29/h6-9,13,16-19,30H,2-5,10-12,25-27H2,1H3,(H4,28,29,31)/t13-,16+,17+,18+,19+/m1/s1. The molecule has 0 bridgehead atoms. The number of guanidine groups is 1. The Labute approximate surface area is 220 Å². The summed E-state index contributed by atoms with van der Waals surface area (Å²) in [4.78, 5) is 52.6. The molecule has 1 aliphatic heterocycles. The highest BCUT2D eigenvalue weighted by Gasteiger charge is 2.32. The molecule has 11 N–H and O–H groups in total. The summed E-state index contributed by atoms with van der Waals surface area (Å²) in [6.45, 7) is 2.50. The van der Waals surface area contributed by atoms with Crippen LogP contribution in [0.3, 0.4) is 0 Å². The van der Waals surface area contributed by atoms with Crippen molar-refractivity contribution in [3.05, 3.63) is 29.8 Å². The van der Waals surface area contributed by atoms with Crippen molar-refractivity contribution in [1.82, 2.24) is 5.32 Å². The number of esters is 4. The first-order chi connectivity index (χ1) is 18.0. The quantitative estimate of drug-likeness (QED) is 0.0397. The largest absolute Gasteiger partial charge is 0.459 e. The third kappa shape index (κ3) is 10.0. The lowest BCUT2D eigenvalue weighted by Gasteiger charge is -2.21. The Hall–Kier alpha value is -3.59. The maximum Gasteiger partial charge on any atom is 0.334 e. The van der Waals surface area contributed by atoms with Crippen molar-refractivity contribution >= 4 is 29.8 Å². The van der Waals surface area contributed by atoms with Crippen LogP contribution in [-0.4, -0.2) is 73.2 Å². The van der Waals surface area contributed by atoms with E-state index in [1.165, 1.54) is 19.1 Å². The van der Waals surface area contributed by atoms with Crippen LogP contribution >= 0.6 is 0 Å². The summed E-state index contributed by atoms with van der Waals surface area (Å²) < 4.78 is 15.3. The van der Waals surface area contributed by atoms with Gasteiger partial charge in [-0.25, -0.2) is 14.4 Å². The Morgan fingerprint density at radius 3 is 2.32 bits per heavy atom. The number of hydrogen-bond donors (Lipinski definition) is 6. The van der Waals surface area contributed by atoms with Gasteiger partial charge in [-0.2, -0.15) is 0 Å². The summed E-state index contributed by atoms with van der Waals surface area (Å²) in [5, 5.41) is 2.99. The van der Waals surface area contributed by atoms with E-state index in [1.54, 1.807) is 12.1 Å². The van der Waals surface area contributed by atoms with E-state index in [0.29, 0.717) is 37.9 Å². The number of nitrogens with zero attached hydrogens (tertiary/aromatic N) is 1. The number of carbonyl (C=O) groups excluding carboxylic acids is 4. The monoisotopic (exact) mass is 535 g/mol. The molecule has 0 aliphatic carbocycles. The second kappa shape index (κ2) is 15.0. The number of ether oxygens (including phenoxy) is 3. The van der Waals surface area contributed by atoms with Crippen LogP contribution in [-0.2, 0) is 35.1 Å². The van der Waals surface area contributed by atoms with Crippen molar-refractivity contribution in [2.24, 2.45) is 33.7 Å². The highest BCUT2D eigenvalue weighted by molar-refractivity contribution is 5.91. The SMILES string of the molecule is C[C@@H](OC(=O)[C@@H]1CCCN1)[C@H](N)C(=O)OC(=O)[C@@H](N)Cc1ccc(OC(=O)[C@@H](N)CCCN=C(N)N)cc1. The fraction of sp³-hybridized carbons (Fsp3) is 0.542.